The zero-order chi connectivity index (χ0) is 17.6. The van der Waals surface area contributed by atoms with Gasteiger partial charge in [-0.05, 0) is 13.3 Å². The molecule has 5 atom stereocenters. The van der Waals surface area contributed by atoms with Crippen molar-refractivity contribution in [1.29, 1.82) is 0 Å². The summed E-state index contributed by atoms with van der Waals surface area (Å²) in [5, 5.41) is 29.2. The predicted molar refractivity (Wildman–Crippen MR) is 75.2 cm³/mol. The average molecular weight is 334 g/mol. The monoisotopic (exact) mass is 334 g/mol. The third-order valence-electron chi connectivity index (χ3n) is 3.18. The number of rotatable bonds is 6. The van der Waals surface area contributed by atoms with Crippen molar-refractivity contribution in [1.82, 2.24) is 0 Å². The summed E-state index contributed by atoms with van der Waals surface area (Å²) in [5.74, 6) is -0.619. The lowest BCUT2D eigenvalue weighted by Gasteiger charge is -2.39. The number of ether oxygens (including phenoxy) is 4. The highest BCUT2D eigenvalue weighted by molar-refractivity contribution is 5.86. The Morgan fingerprint density at radius 1 is 1.13 bits per heavy atom. The lowest BCUT2D eigenvalue weighted by Crippen LogP contribution is -2.58. The molecule has 3 N–H and O–H groups in total. The van der Waals surface area contributed by atoms with Crippen LogP contribution in [0, 0.1) is 0 Å². The molecule has 132 valence electrons. The second-order valence-corrected chi connectivity index (χ2v) is 5.05. The number of esters is 1. The second-order valence-electron chi connectivity index (χ2n) is 5.05. The highest BCUT2D eigenvalue weighted by Crippen LogP contribution is 2.24. The Kier molecular flexibility index (Phi) is 7.43. The van der Waals surface area contributed by atoms with E-state index in [1.807, 2.05) is 0 Å². The van der Waals surface area contributed by atoms with Crippen LogP contribution in [-0.4, -0.2) is 71.4 Å². The molecular formula is C14H22O9. The number of hydrogen-bond acceptors (Lipinski definition) is 9. The van der Waals surface area contributed by atoms with Crippen LogP contribution >= 0.6 is 0 Å². The first-order valence-electron chi connectivity index (χ1n) is 7.13. The van der Waals surface area contributed by atoms with E-state index in [1.54, 1.807) is 6.92 Å². The van der Waals surface area contributed by atoms with Crippen LogP contribution in [0.25, 0.3) is 0 Å². The van der Waals surface area contributed by atoms with Crippen molar-refractivity contribution in [3.05, 3.63) is 12.2 Å². The number of aliphatic hydroxyl groups is 3. The van der Waals surface area contributed by atoms with Gasteiger partial charge >= 0.3 is 12.1 Å². The molecule has 9 heteroatoms. The molecule has 2 unspecified atom stereocenters. The molecule has 9 nitrogen and oxygen atoms in total. The van der Waals surface area contributed by atoms with Crippen LogP contribution in [0.2, 0.25) is 0 Å². The number of carbonyl (C=O) groups is 2. The fourth-order valence-electron chi connectivity index (χ4n) is 1.92. The summed E-state index contributed by atoms with van der Waals surface area (Å²) in [6.45, 7) is 6.09. The Bertz CT molecular complexity index is 436. The van der Waals surface area contributed by atoms with Crippen LogP contribution in [-0.2, 0) is 23.7 Å². The largest absolute Gasteiger partial charge is 0.508 e. The highest BCUT2D eigenvalue weighted by Gasteiger charge is 2.45. The van der Waals surface area contributed by atoms with Crippen molar-refractivity contribution >= 4 is 12.1 Å². The van der Waals surface area contributed by atoms with Gasteiger partial charge < -0.3 is 34.3 Å². The Morgan fingerprint density at radius 2 is 1.74 bits per heavy atom. The molecule has 0 aromatic heterocycles. The first-order chi connectivity index (χ1) is 10.8. The quantitative estimate of drug-likeness (QED) is 0.333. The third kappa shape index (κ3) is 5.47. The lowest BCUT2D eigenvalue weighted by atomic mass is 9.97. The lowest BCUT2D eigenvalue weighted by molar-refractivity contribution is -0.283. The van der Waals surface area contributed by atoms with E-state index >= 15 is 0 Å². The molecule has 0 spiro atoms. The van der Waals surface area contributed by atoms with Crippen LogP contribution in [0.3, 0.4) is 0 Å². The molecule has 0 bridgehead atoms. The Hall–Kier alpha value is -1.68. The minimum Gasteiger partial charge on any atom is -0.459 e. The fraction of sp³-hybridized carbons (Fsp3) is 0.714. The van der Waals surface area contributed by atoms with Crippen LogP contribution in [0.15, 0.2) is 12.2 Å². The predicted octanol–water partition coefficient (Wildman–Crippen LogP) is -0.524. The number of carbonyl (C=O) groups excluding carboxylic acids is 2. The summed E-state index contributed by atoms with van der Waals surface area (Å²) >= 11 is 0. The molecule has 1 aliphatic rings. The Labute approximate surface area is 133 Å². The van der Waals surface area contributed by atoms with Gasteiger partial charge in [-0.1, -0.05) is 13.5 Å². The molecule has 1 rings (SSSR count). The Balaban J connectivity index is 2.42. The van der Waals surface area contributed by atoms with Gasteiger partial charge in [0, 0.05) is 5.57 Å². The van der Waals surface area contributed by atoms with Crippen molar-refractivity contribution in [3.63, 3.8) is 0 Å². The summed E-state index contributed by atoms with van der Waals surface area (Å²) < 4.78 is 19.2. The van der Waals surface area contributed by atoms with Crippen molar-refractivity contribution in [2.24, 2.45) is 0 Å². The minimum absolute atomic E-state index is 0.195. The molecule has 0 aliphatic carbocycles. The number of hydrogen-bond donors (Lipinski definition) is 3. The van der Waals surface area contributed by atoms with Crippen molar-refractivity contribution in [2.45, 2.75) is 51.0 Å². The molecule has 1 heterocycles. The summed E-state index contributed by atoms with van der Waals surface area (Å²) in [6.07, 6.45) is -7.52. The second kappa shape index (κ2) is 8.82. The van der Waals surface area contributed by atoms with E-state index in [9.17, 15) is 24.9 Å². The summed E-state index contributed by atoms with van der Waals surface area (Å²) in [6, 6.07) is 0. The first-order valence-corrected chi connectivity index (χ1v) is 7.13. The van der Waals surface area contributed by atoms with Crippen LogP contribution in [0.4, 0.5) is 4.79 Å². The highest BCUT2D eigenvalue weighted by atomic mass is 16.7. The molecule has 0 aromatic rings. The molecule has 1 fully saturated rings. The SMILES string of the molecule is C=C(C)C(=O)OCCOC(=O)O[C@@H]1C(O)[C@@H](O)OC(CC)[C@H]1O. The first kappa shape index (κ1) is 19.4. The van der Waals surface area contributed by atoms with Gasteiger partial charge in [-0.25, -0.2) is 9.59 Å². The van der Waals surface area contributed by atoms with E-state index in [2.05, 4.69) is 11.3 Å². The van der Waals surface area contributed by atoms with Crippen molar-refractivity contribution in [3.8, 4) is 0 Å². The zero-order valence-electron chi connectivity index (χ0n) is 13.0. The maximum absolute atomic E-state index is 11.5. The van der Waals surface area contributed by atoms with E-state index in [-0.39, 0.29) is 18.8 Å². The van der Waals surface area contributed by atoms with Crippen molar-refractivity contribution < 1.29 is 43.9 Å². The van der Waals surface area contributed by atoms with E-state index in [1.165, 1.54) is 6.92 Å². The molecule has 1 aliphatic heterocycles. The average Bonchev–Trinajstić information content (AvgIpc) is 2.51. The summed E-state index contributed by atoms with van der Waals surface area (Å²) in [7, 11) is 0. The van der Waals surface area contributed by atoms with Crippen molar-refractivity contribution in [2.75, 3.05) is 13.2 Å². The molecule has 0 radical (unpaired) electrons. The van der Waals surface area contributed by atoms with E-state index in [0.717, 1.165) is 0 Å². The maximum Gasteiger partial charge on any atom is 0.508 e. The van der Waals surface area contributed by atoms with Gasteiger partial charge in [0.05, 0.1) is 6.10 Å². The molecule has 0 aromatic carbocycles. The Morgan fingerprint density at radius 3 is 2.30 bits per heavy atom. The van der Waals surface area contributed by atoms with Gasteiger partial charge in [-0.3, -0.25) is 0 Å². The van der Waals surface area contributed by atoms with Gasteiger partial charge in [-0.15, -0.1) is 0 Å². The van der Waals surface area contributed by atoms with Gasteiger partial charge in [0.2, 0.25) is 0 Å². The molecule has 0 saturated carbocycles. The van der Waals surface area contributed by atoms with Gasteiger partial charge in [-0.2, -0.15) is 0 Å². The topological polar surface area (TPSA) is 132 Å². The van der Waals surface area contributed by atoms with E-state index < -0.39 is 42.8 Å². The van der Waals surface area contributed by atoms with Gasteiger partial charge in [0.25, 0.3) is 0 Å². The zero-order valence-corrected chi connectivity index (χ0v) is 13.0. The van der Waals surface area contributed by atoms with Gasteiger partial charge in [0.1, 0.15) is 25.4 Å². The molecule has 23 heavy (non-hydrogen) atoms. The number of aliphatic hydroxyl groups excluding tert-OH is 3. The van der Waals surface area contributed by atoms with Crippen LogP contribution < -0.4 is 0 Å². The summed E-state index contributed by atoms with van der Waals surface area (Å²) in [5.41, 5.74) is 0.209. The summed E-state index contributed by atoms with van der Waals surface area (Å²) in [4.78, 5) is 22.6. The smallest absolute Gasteiger partial charge is 0.459 e. The maximum atomic E-state index is 11.5. The molecule has 0 amide bonds. The van der Waals surface area contributed by atoms with Crippen LogP contribution in [0.1, 0.15) is 20.3 Å². The van der Waals surface area contributed by atoms with E-state index in [0.29, 0.717) is 6.42 Å². The molecular weight excluding hydrogens is 312 g/mol. The normalized spacial score (nSPS) is 30.4. The standard InChI is InChI=1S/C14H22O9/c1-4-8-9(15)11(10(16)13(18)22-8)23-14(19)21-6-5-20-12(17)7(2)3/h8-11,13,15-16,18H,2,4-6H2,1,3H3/t8?,9-,10?,11+,13+/m1/s1. The minimum atomic E-state index is -1.61. The fourth-order valence-corrected chi connectivity index (χ4v) is 1.92. The van der Waals surface area contributed by atoms with Gasteiger partial charge in [0.15, 0.2) is 12.4 Å². The molecule has 1 saturated heterocycles. The third-order valence-corrected chi connectivity index (χ3v) is 3.18. The van der Waals surface area contributed by atoms with Crippen LogP contribution in [0.5, 0.6) is 0 Å². The van der Waals surface area contributed by atoms with E-state index in [4.69, 9.17) is 14.2 Å².